The SMILES string of the molecule is CCC(I)[Si](C)(C)O[Si](O[Si](C)(C)C(I)CC(F)(F)C(F)(F)C(F)(F)C(F)(F)C(F)(F)C(F)(F)/C=C/[Si](C)(C)O[Si](O[Si](C)(C)/C=C/C(F)(F)C(F)(F)C(F)(F)C(F)(F)C(F)(F)C(C)(F)F)(c1ccccc1)c1ccccc1)(c1ccccc1)c1ccccc1. The summed E-state index contributed by atoms with van der Waals surface area (Å²) in [5.41, 5.74) is -0.250. The Morgan fingerprint density at radius 3 is 0.867 bits per heavy atom. The van der Waals surface area contributed by atoms with E-state index in [9.17, 15) is 43.9 Å². The maximum Gasteiger partial charge on any atom is 0.386 e. The predicted molar refractivity (Wildman–Crippen MR) is 324 cm³/mol. The van der Waals surface area contributed by atoms with Crippen LogP contribution in [0.25, 0.3) is 0 Å². The molecular weight excluding hydrogens is 1590 g/mol. The highest BCUT2D eigenvalue weighted by atomic mass is 127. The van der Waals surface area contributed by atoms with Crippen molar-refractivity contribution in [2.24, 2.45) is 0 Å². The maximum absolute atomic E-state index is 16.1. The third-order valence-electron chi connectivity index (χ3n) is 14.1. The van der Waals surface area contributed by atoms with E-state index < -0.39 is 151 Å². The lowest BCUT2D eigenvalue weighted by molar-refractivity contribution is -0.420. The first kappa shape index (κ1) is 79.7. The normalized spacial score (nSPS) is 16.1. The Morgan fingerprint density at radius 1 is 0.356 bits per heavy atom. The molecule has 4 aromatic rings. The first-order valence-corrected chi connectivity index (χ1v) is 44.6. The van der Waals surface area contributed by atoms with Crippen LogP contribution in [0.15, 0.2) is 145 Å². The molecule has 0 fully saturated rings. The van der Waals surface area contributed by atoms with Gasteiger partial charge in [-0.3, -0.25) is 0 Å². The Bertz CT molecular complexity index is 3010. The molecule has 4 rings (SSSR count). The van der Waals surface area contributed by atoms with E-state index in [1.54, 1.807) is 60.7 Å². The third-order valence-corrected chi connectivity index (χ3v) is 47.4. The third kappa shape index (κ3) is 15.1. The molecule has 506 valence electrons. The first-order valence-electron chi connectivity index (χ1n) is 26.5. The van der Waals surface area contributed by atoms with Gasteiger partial charge in [-0.15, -0.1) is 0 Å². The van der Waals surface area contributed by atoms with Crippen molar-refractivity contribution in [3.05, 3.63) is 145 Å². The van der Waals surface area contributed by atoms with E-state index in [0.29, 0.717) is 16.8 Å². The monoisotopic (exact) mass is 1650 g/mol. The zero-order valence-corrected chi connectivity index (χ0v) is 59.2. The molecule has 90 heavy (non-hydrogen) atoms. The molecule has 0 spiro atoms. The standard InChI is InChI=1S/C54H60F24I2O4Si6/c1-11-41(79)87(7,8)83-90(39-28-20-14-21-29-39,40-30-22-15-23-31-40)84-88(9,10)42(80)36-46(61,62)50(69,70)54(77,78)53(75,76)49(67,68)45(59,60)33-35-86(5,6)82-89(37-24-16-12-17-25-37,38-26-18-13-19-27-38)81-85(3,4)34-32-44(57,58)48(65,66)52(73,74)51(71,72)47(63,64)43(2,55)56/h12-35,41-42H,11,36H2,1-10H3/b34-32+,35-33+. The summed E-state index contributed by atoms with van der Waals surface area (Å²) in [6.45, 7) is 9.91. The summed E-state index contributed by atoms with van der Waals surface area (Å²) in [6, 6.07) is 27.7. The van der Waals surface area contributed by atoms with Crippen molar-refractivity contribution >= 4 is 116 Å². The highest BCUT2D eigenvalue weighted by Crippen LogP contribution is 2.63. The lowest BCUT2D eigenvalue weighted by atomic mass is 9.90. The van der Waals surface area contributed by atoms with Gasteiger partial charge in [0.15, 0.2) is 16.6 Å². The summed E-state index contributed by atoms with van der Waals surface area (Å²) >= 11 is 3.31. The van der Waals surface area contributed by atoms with Crippen molar-refractivity contribution in [1.29, 1.82) is 0 Å². The zero-order valence-electron chi connectivity index (χ0n) is 48.9. The van der Waals surface area contributed by atoms with E-state index in [4.69, 9.17) is 16.5 Å². The van der Waals surface area contributed by atoms with Crippen LogP contribution in [0.2, 0.25) is 52.4 Å². The number of hydrogen-bond donors (Lipinski definition) is 0. The quantitative estimate of drug-likeness (QED) is 0.0218. The molecule has 4 aromatic carbocycles. The van der Waals surface area contributed by atoms with Gasteiger partial charge in [-0.2, -0.15) is 105 Å². The largest absolute Gasteiger partial charge is 0.429 e. The number of rotatable bonds is 31. The number of alkyl halides is 26. The van der Waals surface area contributed by atoms with Crippen LogP contribution in [0.1, 0.15) is 26.7 Å². The van der Waals surface area contributed by atoms with E-state index in [-0.39, 0.29) is 25.3 Å². The second-order valence-electron chi connectivity index (χ2n) is 23.2. The fourth-order valence-electron chi connectivity index (χ4n) is 8.78. The van der Waals surface area contributed by atoms with E-state index >= 15 is 61.5 Å². The molecule has 0 amide bonds. The lowest BCUT2D eigenvalue weighted by Crippen LogP contribution is -2.73. The summed E-state index contributed by atoms with van der Waals surface area (Å²) in [5.74, 6) is -88.3. The van der Waals surface area contributed by atoms with Gasteiger partial charge in [0.05, 0.1) is 0 Å². The molecule has 0 radical (unpaired) electrons. The molecule has 0 saturated carbocycles. The molecule has 0 saturated heterocycles. The number of benzene rings is 4. The van der Waals surface area contributed by atoms with Crippen LogP contribution in [-0.2, 0) is 16.5 Å². The summed E-state index contributed by atoms with van der Waals surface area (Å²) in [5, 5.41) is 0.231. The topological polar surface area (TPSA) is 36.9 Å². The minimum Gasteiger partial charge on any atom is -0.429 e. The minimum atomic E-state index is -8.09. The molecule has 36 heteroatoms. The number of halogens is 26. The lowest BCUT2D eigenvalue weighted by Gasteiger charge is -2.46. The molecule has 0 aliphatic rings. The Balaban J connectivity index is 1.78. The fourth-order valence-corrected chi connectivity index (χ4v) is 36.0. The van der Waals surface area contributed by atoms with Crippen LogP contribution in [0.5, 0.6) is 0 Å². The average Bonchev–Trinajstić information content (AvgIpc) is 0.722. The first-order chi connectivity index (χ1) is 40.3. The van der Waals surface area contributed by atoms with Gasteiger partial charge in [0.1, 0.15) is 0 Å². The maximum atomic E-state index is 16.1. The second kappa shape index (κ2) is 26.7. The molecule has 4 nitrogen and oxygen atoms in total. The minimum absolute atomic E-state index is 0.118. The van der Waals surface area contributed by atoms with E-state index in [1.807, 2.05) is 20.0 Å². The van der Waals surface area contributed by atoms with Crippen LogP contribution in [0, 0.1) is 0 Å². The van der Waals surface area contributed by atoms with Crippen molar-refractivity contribution < 1.29 is 122 Å². The number of hydrogen-bond acceptors (Lipinski definition) is 4. The molecule has 2 unspecified atom stereocenters. The van der Waals surface area contributed by atoms with Crippen LogP contribution in [0.3, 0.4) is 0 Å². The Morgan fingerprint density at radius 2 is 0.600 bits per heavy atom. The van der Waals surface area contributed by atoms with Gasteiger partial charge in [0, 0.05) is 20.4 Å². The van der Waals surface area contributed by atoms with E-state index in [1.165, 1.54) is 49.5 Å². The molecule has 2 atom stereocenters. The van der Waals surface area contributed by atoms with Crippen molar-refractivity contribution in [2.45, 2.75) is 157 Å². The summed E-state index contributed by atoms with van der Waals surface area (Å²) < 4.78 is 388. The molecule has 0 bridgehead atoms. The van der Waals surface area contributed by atoms with Gasteiger partial charge in [-0.1, -0.05) is 185 Å². The Kier molecular flexibility index (Phi) is 23.7. The molecular formula is C54H60F24I2O4Si6. The highest BCUT2D eigenvalue weighted by molar-refractivity contribution is 14.1. The molecule has 0 aromatic heterocycles. The average molecular weight is 1650 g/mol. The molecule has 0 N–H and O–H groups in total. The predicted octanol–water partition coefficient (Wildman–Crippen LogP) is 17.7. The van der Waals surface area contributed by atoms with Gasteiger partial charge in [-0.25, -0.2) is 0 Å². The van der Waals surface area contributed by atoms with Crippen molar-refractivity contribution in [1.82, 2.24) is 0 Å². The van der Waals surface area contributed by atoms with Gasteiger partial charge >= 0.3 is 88.2 Å². The van der Waals surface area contributed by atoms with Crippen LogP contribution < -0.4 is 20.7 Å². The van der Waals surface area contributed by atoms with Gasteiger partial charge in [-0.05, 0) is 91.7 Å². The fraction of sp³-hybridized carbons (Fsp3) is 0.481. The summed E-state index contributed by atoms with van der Waals surface area (Å²) in [4.78, 5) is 0. The second-order valence-corrected chi connectivity index (χ2v) is 51.5. The van der Waals surface area contributed by atoms with Crippen LogP contribution in [-0.4, -0.2) is 129 Å². The van der Waals surface area contributed by atoms with E-state index in [2.05, 4.69) is 22.6 Å². The van der Waals surface area contributed by atoms with Crippen molar-refractivity contribution in [2.75, 3.05) is 0 Å². The van der Waals surface area contributed by atoms with Gasteiger partial charge in [0.2, 0.25) is 16.6 Å². The van der Waals surface area contributed by atoms with Gasteiger partial charge < -0.3 is 16.5 Å². The van der Waals surface area contributed by atoms with E-state index in [0.717, 1.165) is 73.0 Å². The molecule has 0 aliphatic carbocycles. The smallest absolute Gasteiger partial charge is 0.386 e. The van der Waals surface area contributed by atoms with Crippen molar-refractivity contribution in [3.63, 3.8) is 0 Å². The van der Waals surface area contributed by atoms with Crippen LogP contribution in [0.4, 0.5) is 105 Å². The van der Waals surface area contributed by atoms with Crippen molar-refractivity contribution in [3.8, 4) is 0 Å². The zero-order chi connectivity index (χ0) is 69.7. The summed E-state index contributed by atoms with van der Waals surface area (Å²) in [7, 11) is -26.1. The number of allylic oxidation sites excluding steroid dienone is 2. The Labute approximate surface area is 536 Å². The Hall–Kier alpha value is -2.72. The van der Waals surface area contributed by atoms with Gasteiger partial charge in [0.25, 0.3) is 0 Å². The molecule has 0 heterocycles. The molecule has 0 aliphatic heterocycles. The highest BCUT2D eigenvalue weighted by Gasteiger charge is 2.91. The summed E-state index contributed by atoms with van der Waals surface area (Å²) in [6.07, 6.45) is -4.32. The van der Waals surface area contributed by atoms with Crippen LogP contribution >= 0.6 is 45.2 Å².